The number of rotatable bonds is 12. The van der Waals surface area contributed by atoms with E-state index in [1.807, 2.05) is 0 Å². The Bertz CT molecular complexity index is 2530. The van der Waals surface area contributed by atoms with Crippen LogP contribution >= 0.6 is 0 Å². The van der Waals surface area contributed by atoms with Crippen LogP contribution in [0.2, 0.25) is 0 Å². The van der Waals surface area contributed by atoms with Gasteiger partial charge in [0.05, 0.1) is 24.0 Å². The highest BCUT2D eigenvalue weighted by atomic mass is 32.2. The summed E-state index contributed by atoms with van der Waals surface area (Å²) in [7, 11) is -5.69. The van der Waals surface area contributed by atoms with Gasteiger partial charge in [-0.15, -0.1) is 0 Å². The molecule has 0 heterocycles. The summed E-state index contributed by atoms with van der Waals surface area (Å²) in [5.41, 5.74) is 0.288. The minimum atomic E-state index is -4.15. The van der Waals surface area contributed by atoms with E-state index in [2.05, 4.69) is 20.1 Å². The summed E-state index contributed by atoms with van der Waals surface area (Å²) in [6.45, 7) is 0. The number of methoxy groups -OCH3 is 2. The second-order valence-electron chi connectivity index (χ2n) is 11.7. The Morgan fingerprint density at radius 2 is 0.852 bits per heavy atom. The third-order valence-electron chi connectivity index (χ3n) is 8.12. The monoisotopic (exact) mass is 770 g/mol. The number of carbonyl (C=O) groups excluding carboxylic acids is 1. The first-order valence-corrected chi connectivity index (χ1v) is 18.7. The van der Waals surface area contributed by atoms with Crippen LogP contribution in [0.1, 0.15) is 20.7 Å². The molecule has 0 aromatic heterocycles. The van der Waals surface area contributed by atoms with Gasteiger partial charge < -0.3 is 30.3 Å². The molecule has 0 unspecified atom stereocenters. The Balaban J connectivity index is 1.17. The average molecular weight is 771 g/mol. The van der Waals surface area contributed by atoms with Crippen LogP contribution in [0.25, 0.3) is 21.5 Å². The number of carboxylic acids is 2. The number of hydrogen-bond acceptors (Lipinski definition) is 9. The molecule has 0 aliphatic carbocycles. The molecule has 0 fully saturated rings. The summed E-state index contributed by atoms with van der Waals surface area (Å²) < 4.78 is 67.7. The van der Waals surface area contributed by atoms with Crippen LogP contribution < -0.4 is 29.6 Å². The largest absolute Gasteiger partial charge is 0.496 e. The lowest BCUT2D eigenvalue weighted by molar-refractivity contribution is 0.0682. The Morgan fingerprint density at radius 1 is 0.481 bits per heavy atom. The van der Waals surface area contributed by atoms with Crippen LogP contribution in [0.4, 0.5) is 27.5 Å². The zero-order valence-electron chi connectivity index (χ0n) is 28.3. The maximum absolute atomic E-state index is 13.2. The predicted molar refractivity (Wildman–Crippen MR) is 202 cm³/mol. The average Bonchev–Trinajstić information content (AvgIpc) is 3.13. The molecular weight excluding hydrogens is 741 g/mol. The van der Waals surface area contributed by atoms with E-state index in [1.54, 1.807) is 48.5 Å². The van der Waals surface area contributed by atoms with E-state index in [0.29, 0.717) is 32.9 Å². The number of aromatic carboxylic acids is 2. The summed E-state index contributed by atoms with van der Waals surface area (Å²) in [4.78, 5) is 36.0. The number of ether oxygens (including phenoxy) is 2. The van der Waals surface area contributed by atoms with Crippen molar-refractivity contribution in [2.24, 2.45) is 0 Å². The van der Waals surface area contributed by atoms with Crippen molar-refractivity contribution < 1.29 is 50.9 Å². The van der Waals surface area contributed by atoms with Crippen molar-refractivity contribution in [3.05, 3.63) is 120 Å². The molecule has 6 N–H and O–H groups in total. The molecular formula is C37H30N4O11S2. The lowest BCUT2D eigenvalue weighted by atomic mass is 10.1. The first-order chi connectivity index (χ1) is 25.6. The third-order valence-corrected chi connectivity index (χ3v) is 10.9. The van der Waals surface area contributed by atoms with Gasteiger partial charge in [-0.25, -0.2) is 31.2 Å². The maximum Gasteiger partial charge on any atom is 0.339 e. The molecule has 54 heavy (non-hydrogen) atoms. The lowest BCUT2D eigenvalue weighted by Gasteiger charge is -2.13. The molecule has 0 aliphatic rings. The van der Waals surface area contributed by atoms with Crippen molar-refractivity contribution in [3.8, 4) is 11.5 Å². The fraction of sp³-hybridized carbons (Fsp3) is 0.0541. The van der Waals surface area contributed by atoms with Crippen LogP contribution in [0, 0.1) is 0 Å². The number of fused-ring (bicyclic) bond motifs is 2. The molecule has 2 amide bonds. The highest BCUT2D eigenvalue weighted by molar-refractivity contribution is 7.93. The highest BCUT2D eigenvalue weighted by Gasteiger charge is 2.20. The van der Waals surface area contributed by atoms with E-state index < -0.39 is 38.0 Å². The van der Waals surface area contributed by atoms with Gasteiger partial charge in [-0.2, -0.15) is 0 Å². The number of urea groups is 1. The zero-order chi connectivity index (χ0) is 38.8. The Labute approximate surface area is 308 Å². The Morgan fingerprint density at radius 3 is 1.22 bits per heavy atom. The van der Waals surface area contributed by atoms with Gasteiger partial charge in [0.1, 0.15) is 22.6 Å². The van der Waals surface area contributed by atoms with E-state index in [0.717, 1.165) is 12.1 Å². The standard InChI is InChI=1S/C37H30N4O11S2/c1-51-33-13-9-27(19-31(33)35(42)43)40-53(47,48)29-11-5-21-3-7-25(15-23(21)17-29)38-37(46)39-26-8-4-22-6-12-30(18-24(22)16-26)54(49,50)41-28-10-14-34(52-2)32(20-28)36(44)45/h3-20,40-41H,1-2H3,(H,42,43)(H,44,45)(H2,38,39,46). The van der Waals surface area contributed by atoms with Gasteiger partial charge in [0, 0.05) is 22.7 Å². The Kier molecular flexibility index (Phi) is 10.0. The second kappa shape index (κ2) is 14.6. The van der Waals surface area contributed by atoms with E-state index in [1.165, 1.54) is 62.8 Å². The first kappa shape index (κ1) is 36.9. The van der Waals surface area contributed by atoms with Gasteiger partial charge in [0.25, 0.3) is 20.0 Å². The van der Waals surface area contributed by atoms with Crippen molar-refractivity contribution >= 4 is 82.3 Å². The summed E-state index contributed by atoms with van der Waals surface area (Å²) in [5, 5.41) is 26.6. The maximum atomic E-state index is 13.2. The number of benzene rings is 6. The number of nitrogens with one attached hydrogen (secondary N) is 4. The number of sulfonamides is 2. The van der Waals surface area contributed by atoms with Gasteiger partial charge >= 0.3 is 18.0 Å². The summed E-state index contributed by atoms with van der Waals surface area (Å²) in [6, 6.07) is 25.7. The van der Waals surface area contributed by atoms with Gasteiger partial charge in [0.2, 0.25) is 0 Å². The lowest BCUT2D eigenvalue weighted by Crippen LogP contribution is -2.19. The summed E-state index contributed by atoms with van der Waals surface area (Å²) in [6.07, 6.45) is 0. The number of anilines is 4. The molecule has 6 rings (SSSR count). The normalized spacial score (nSPS) is 11.4. The van der Waals surface area contributed by atoms with Gasteiger partial charge in [-0.1, -0.05) is 24.3 Å². The first-order valence-electron chi connectivity index (χ1n) is 15.7. The van der Waals surface area contributed by atoms with E-state index in [9.17, 15) is 41.4 Å². The molecule has 0 saturated heterocycles. The molecule has 0 bridgehead atoms. The van der Waals surface area contributed by atoms with Crippen LogP contribution in [0.5, 0.6) is 11.5 Å². The minimum Gasteiger partial charge on any atom is -0.496 e. The number of hydrogen-bond donors (Lipinski definition) is 6. The van der Waals surface area contributed by atoms with E-state index in [4.69, 9.17) is 9.47 Å². The topological polar surface area (TPSA) is 227 Å². The number of amides is 2. The van der Waals surface area contributed by atoms with Crippen LogP contribution in [-0.4, -0.2) is 59.2 Å². The third kappa shape index (κ3) is 7.96. The van der Waals surface area contributed by atoms with Crippen molar-refractivity contribution in [1.82, 2.24) is 0 Å². The number of carbonyl (C=O) groups is 3. The fourth-order valence-corrected chi connectivity index (χ4v) is 7.71. The number of carboxylic acid groups (broad SMARTS) is 2. The van der Waals surface area contributed by atoms with E-state index in [-0.39, 0.29) is 43.8 Å². The van der Waals surface area contributed by atoms with Crippen LogP contribution in [0.3, 0.4) is 0 Å². The quantitative estimate of drug-likeness (QED) is 0.0772. The minimum absolute atomic E-state index is 0.0215. The van der Waals surface area contributed by atoms with Gasteiger partial charge in [-0.3, -0.25) is 9.44 Å². The summed E-state index contributed by atoms with van der Waals surface area (Å²) >= 11 is 0. The molecule has 0 saturated carbocycles. The van der Waals surface area contributed by atoms with Crippen molar-refractivity contribution in [1.29, 1.82) is 0 Å². The second-order valence-corrected chi connectivity index (χ2v) is 15.0. The molecule has 17 heteroatoms. The molecule has 0 radical (unpaired) electrons. The van der Waals surface area contributed by atoms with E-state index >= 15 is 0 Å². The van der Waals surface area contributed by atoms with Crippen molar-refractivity contribution in [2.45, 2.75) is 9.79 Å². The molecule has 6 aromatic carbocycles. The highest BCUT2D eigenvalue weighted by Crippen LogP contribution is 2.29. The van der Waals surface area contributed by atoms with Crippen LogP contribution in [-0.2, 0) is 20.0 Å². The molecule has 276 valence electrons. The molecule has 0 aliphatic heterocycles. The molecule has 0 spiro atoms. The van der Waals surface area contributed by atoms with Crippen molar-refractivity contribution in [2.75, 3.05) is 34.3 Å². The van der Waals surface area contributed by atoms with Crippen LogP contribution in [0.15, 0.2) is 119 Å². The van der Waals surface area contributed by atoms with Crippen molar-refractivity contribution in [3.63, 3.8) is 0 Å². The Hall–Kier alpha value is -6.85. The van der Waals surface area contributed by atoms with Gasteiger partial charge in [-0.05, 0) is 106 Å². The summed E-state index contributed by atoms with van der Waals surface area (Å²) in [5.74, 6) is -2.44. The zero-order valence-corrected chi connectivity index (χ0v) is 29.9. The molecule has 6 aromatic rings. The molecule has 0 atom stereocenters. The fourth-order valence-electron chi connectivity index (χ4n) is 5.54. The van der Waals surface area contributed by atoms with Gasteiger partial charge in [0.15, 0.2) is 0 Å². The molecule has 15 nitrogen and oxygen atoms in total. The smallest absolute Gasteiger partial charge is 0.339 e. The predicted octanol–water partition coefficient (Wildman–Crippen LogP) is 6.65. The SMILES string of the molecule is COc1ccc(NS(=O)(=O)c2ccc3ccc(NC(=O)Nc4ccc5ccc(S(=O)(=O)Nc6ccc(OC)c(C(=O)O)c6)cc5c4)cc3c2)cc1C(=O)O.